The summed E-state index contributed by atoms with van der Waals surface area (Å²) in [6.45, 7) is 0. The molecule has 156 valence electrons. The van der Waals surface area contributed by atoms with Crippen molar-refractivity contribution in [2.75, 3.05) is 0 Å². The Morgan fingerprint density at radius 2 is 1.00 bits per heavy atom. The van der Waals surface area contributed by atoms with E-state index in [0.717, 1.165) is 34.1 Å². The Bertz CT molecular complexity index is 1040. The van der Waals surface area contributed by atoms with E-state index in [1.165, 1.54) is 0 Å². The lowest BCUT2D eigenvalue weighted by atomic mass is 10.1. The molecule has 0 aliphatic heterocycles. The van der Waals surface area contributed by atoms with Crippen LogP contribution < -0.4 is 15.9 Å². The summed E-state index contributed by atoms with van der Waals surface area (Å²) < 4.78 is 55.0. The predicted molar refractivity (Wildman–Crippen MR) is 120 cm³/mol. The van der Waals surface area contributed by atoms with Gasteiger partial charge >= 0.3 is 6.18 Å². The standard InChI is InChI=1S/C26H20F4P/c27-25-17-16-21(26(28,29)30)18-20(25)19-31(22-10-4-1-5-11-22,23-12-6-2-7-13-23)24-14-8-3-9-15-24/h1-18H,19H2/q+1. The highest BCUT2D eigenvalue weighted by molar-refractivity contribution is 7.95. The zero-order chi connectivity index (χ0) is 21.9. The number of rotatable bonds is 5. The first-order valence-electron chi connectivity index (χ1n) is 9.82. The van der Waals surface area contributed by atoms with E-state index >= 15 is 0 Å². The van der Waals surface area contributed by atoms with Crippen molar-refractivity contribution in [1.29, 1.82) is 0 Å². The molecule has 31 heavy (non-hydrogen) atoms. The minimum Gasteiger partial charge on any atom is -0.207 e. The fourth-order valence-electron chi connectivity index (χ4n) is 3.90. The molecule has 0 atom stereocenters. The second kappa shape index (κ2) is 8.64. The van der Waals surface area contributed by atoms with Gasteiger partial charge in [-0.1, -0.05) is 54.6 Å². The van der Waals surface area contributed by atoms with Crippen LogP contribution in [0, 0.1) is 5.82 Å². The van der Waals surface area contributed by atoms with Crippen LogP contribution in [0.25, 0.3) is 0 Å². The molecule has 0 amide bonds. The maximum Gasteiger partial charge on any atom is 0.416 e. The summed E-state index contributed by atoms with van der Waals surface area (Å²) in [5.74, 6) is -0.625. The maximum atomic E-state index is 14.9. The van der Waals surface area contributed by atoms with Crippen LogP contribution in [-0.2, 0) is 12.3 Å². The normalized spacial score (nSPS) is 12.0. The van der Waals surface area contributed by atoms with Crippen LogP contribution in [0.1, 0.15) is 11.1 Å². The van der Waals surface area contributed by atoms with Crippen LogP contribution in [0.5, 0.6) is 0 Å². The van der Waals surface area contributed by atoms with Crippen molar-refractivity contribution in [2.45, 2.75) is 12.3 Å². The van der Waals surface area contributed by atoms with Gasteiger partial charge in [-0.2, -0.15) is 13.2 Å². The van der Waals surface area contributed by atoms with Crippen molar-refractivity contribution in [3.63, 3.8) is 0 Å². The zero-order valence-corrected chi connectivity index (χ0v) is 17.5. The van der Waals surface area contributed by atoms with Gasteiger partial charge in [-0.25, -0.2) is 4.39 Å². The Labute approximate surface area is 179 Å². The Balaban J connectivity index is 2.00. The highest BCUT2D eigenvalue weighted by Crippen LogP contribution is 2.58. The zero-order valence-electron chi connectivity index (χ0n) is 16.6. The fourth-order valence-corrected chi connectivity index (χ4v) is 8.14. The van der Waals surface area contributed by atoms with Crippen molar-refractivity contribution in [3.05, 3.63) is 126 Å². The van der Waals surface area contributed by atoms with Gasteiger partial charge in [0.05, 0.1) is 5.56 Å². The second-order valence-electron chi connectivity index (χ2n) is 7.28. The van der Waals surface area contributed by atoms with E-state index in [1.807, 2.05) is 91.0 Å². The molecule has 4 aromatic carbocycles. The highest BCUT2D eigenvalue weighted by atomic mass is 31.2. The minimum absolute atomic E-state index is 0.0692. The van der Waals surface area contributed by atoms with Crippen molar-refractivity contribution in [1.82, 2.24) is 0 Å². The predicted octanol–water partition coefficient (Wildman–Crippen LogP) is 6.34. The molecule has 0 radical (unpaired) electrons. The number of benzene rings is 4. The van der Waals surface area contributed by atoms with Gasteiger partial charge in [0.25, 0.3) is 0 Å². The summed E-state index contributed by atoms with van der Waals surface area (Å²) in [4.78, 5) is 0. The van der Waals surface area contributed by atoms with Gasteiger partial charge in [-0.3, -0.25) is 0 Å². The SMILES string of the molecule is Fc1ccc(C(F)(F)F)cc1C[P+](c1ccccc1)(c1ccccc1)c1ccccc1. The third-order valence-corrected chi connectivity index (χ3v) is 9.73. The largest absolute Gasteiger partial charge is 0.416 e. The minimum atomic E-state index is -4.53. The molecule has 0 nitrogen and oxygen atoms in total. The van der Waals surface area contributed by atoms with Crippen LogP contribution in [0.4, 0.5) is 17.6 Å². The van der Waals surface area contributed by atoms with E-state index in [4.69, 9.17) is 0 Å². The molecule has 0 spiro atoms. The summed E-state index contributed by atoms with van der Waals surface area (Å²) in [6.07, 6.45) is -4.38. The lowest BCUT2D eigenvalue weighted by Gasteiger charge is -2.28. The third kappa shape index (κ3) is 4.26. The smallest absolute Gasteiger partial charge is 0.207 e. The molecular weight excluding hydrogens is 419 g/mol. The molecule has 0 aromatic heterocycles. The van der Waals surface area contributed by atoms with E-state index in [1.54, 1.807) is 0 Å². The number of hydrogen-bond acceptors (Lipinski definition) is 0. The number of alkyl halides is 3. The molecule has 0 fully saturated rings. The summed E-state index contributed by atoms with van der Waals surface area (Å²) in [6, 6.07) is 31.8. The third-order valence-electron chi connectivity index (χ3n) is 5.37. The van der Waals surface area contributed by atoms with Crippen LogP contribution in [0.2, 0.25) is 0 Å². The van der Waals surface area contributed by atoms with Crippen molar-refractivity contribution < 1.29 is 17.6 Å². The summed E-state index contributed by atoms with van der Waals surface area (Å²) in [5, 5.41) is 2.97. The Hall–Kier alpha value is -2.97. The Kier molecular flexibility index (Phi) is 5.93. The molecule has 5 heteroatoms. The van der Waals surface area contributed by atoms with Gasteiger partial charge < -0.3 is 0 Å². The molecule has 4 aromatic rings. The monoisotopic (exact) mass is 439 g/mol. The topological polar surface area (TPSA) is 0 Å². The van der Waals surface area contributed by atoms with Crippen molar-refractivity contribution >= 4 is 23.2 Å². The summed E-state index contributed by atoms with van der Waals surface area (Å²) >= 11 is 0. The van der Waals surface area contributed by atoms with Crippen molar-refractivity contribution in [3.8, 4) is 0 Å². The second-order valence-corrected chi connectivity index (χ2v) is 10.8. The van der Waals surface area contributed by atoms with Gasteiger partial charge in [-0.15, -0.1) is 0 Å². The van der Waals surface area contributed by atoms with Gasteiger partial charge in [0.2, 0.25) is 0 Å². The lowest BCUT2D eigenvalue weighted by molar-refractivity contribution is -0.137. The van der Waals surface area contributed by atoms with E-state index < -0.39 is 24.8 Å². The van der Waals surface area contributed by atoms with Crippen LogP contribution in [0.15, 0.2) is 109 Å². The molecule has 0 bridgehead atoms. The van der Waals surface area contributed by atoms with Gasteiger partial charge in [0.15, 0.2) is 0 Å². The average molecular weight is 439 g/mol. The Morgan fingerprint density at radius 1 is 0.581 bits per heavy atom. The Morgan fingerprint density at radius 3 is 1.39 bits per heavy atom. The van der Waals surface area contributed by atoms with Crippen LogP contribution >= 0.6 is 7.26 Å². The molecule has 4 rings (SSSR count). The quantitative estimate of drug-likeness (QED) is 0.252. The number of hydrogen-bond donors (Lipinski definition) is 0. The number of halogens is 4. The van der Waals surface area contributed by atoms with Crippen LogP contribution in [0.3, 0.4) is 0 Å². The highest BCUT2D eigenvalue weighted by Gasteiger charge is 2.46. The maximum absolute atomic E-state index is 14.9. The van der Waals surface area contributed by atoms with E-state index in [-0.39, 0.29) is 11.7 Å². The van der Waals surface area contributed by atoms with Gasteiger partial charge in [-0.05, 0) is 54.6 Å². The van der Waals surface area contributed by atoms with Crippen molar-refractivity contribution in [2.24, 2.45) is 0 Å². The summed E-state index contributed by atoms with van der Waals surface area (Å²) in [5.41, 5.74) is -0.768. The fraction of sp³-hybridized carbons (Fsp3) is 0.0769. The summed E-state index contributed by atoms with van der Waals surface area (Å²) in [7, 11) is -2.48. The first kappa shape index (κ1) is 21.3. The molecule has 0 aliphatic rings. The molecule has 0 saturated carbocycles. The molecule has 0 heterocycles. The first-order valence-corrected chi connectivity index (χ1v) is 11.8. The first-order chi connectivity index (χ1) is 14.9. The molecule has 0 N–H and O–H groups in total. The molecular formula is C26H20F4P+. The molecule has 0 aliphatic carbocycles. The van der Waals surface area contributed by atoms with E-state index in [9.17, 15) is 17.6 Å². The van der Waals surface area contributed by atoms with Gasteiger partial charge in [0, 0.05) is 5.56 Å². The lowest BCUT2D eigenvalue weighted by Crippen LogP contribution is -2.32. The molecule has 0 saturated heterocycles. The average Bonchev–Trinajstić information content (AvgIpc) is 2.79. The van der Waals surface area contributed by atoms with Crippen LogP contribution in [-0.4, -0.2) is 0 Å². The van der Waals surface area contributed by atoms with E-state index in [0.29, 0.717) is 0 Å². The molecule has 0 unspecified atom stereocenters. The van der Waals surface area contributed by atoms with E-state index in [2.05, 4.69) is 0 Å². The van der Waals surface area contributed by atoms with Gasteiger partial charge in [0.1, 0.15) is 35.2 Å².